The van der Waals surface area contributed by atoms with Crippen molar-refractivity contribution < 1.29 is 4.42 Å². The highest BCUT2D eigenvalue weighted by molar-refractivity contribution is 6.06. The lowest BCUT2D eigenvalue weighted by Gasteiger charge is -2.26. The quantitative estimate of drug-likeness (QED) is 0.195. The lowest BCUT2D eigenvalue weighted by molar-refractivity contribution is 0.660. The zero-order chi connectivity index (χ0) is 31.5. The van der Waals surface area contributed by atoms with Crippen molar-refractivity contribution in [1.82, 2.24) is 0 Å². The topological polar surface area (TPSA) is 16.4 Å². The third-order valence-corrected chi connectivity index (χ3v) is 9.87. The number of furan rings is 1. The normalized spacial score (nSPS) is 13.1. The third-order valence-electron chi connectivity index (χ3n) is 9.87. The Morgan fingerprint density at radius 1 is 0.404 bits per heavy atom. The van der Waals surface area contributed by atoms with Gasteiger partial charge in [-0.3, -0.25) is 0 Å². The minimum absolute atomic E-state index is 0.000635. The molecule has 0 N–H and O–H groups in total. The van der Waals surface area contributed by atoms with Crippen molar-refractivity contribution in [2.24, 2.45) is 0 Å². The van der Waals surface area contributed by atoms with Crippen molar-refractivity contribution in [3.63, 3.8) is 0 Å². The van der Waals surface area contributed by atoms with Gasteiger partial charge in [-0.2, -0.15) is 0 Å². The van der Waals surface area contributed by atoms with E-state index in [1.807, 2.05) is 12.1 Å². The molecule has 9 rings (SSSR count). The number of para-hydroxylation sites is 2. The summed E-state index contributed by atoms with van der Waals surface area (Å²) in [5.74, 6) is 0. The van der Waals surface area contributed by atoms with Gasteiger partial charge in [-0.1, -0.05) is 117 Å². The molecule has 0 saturated carbocycles. The Balaban J connectivity index is 1.10. The molecule has 2 heteroatoms. The van der Waals surface area contributed by atoms with Gasteiger partial charge in [0.2, 0.25) is 0 Å². The van der Waals surface area contributed by atoms with Crippen molar-refractivity contribution in [1.29, 1.82) is 0 Å². The van der Waals surface area contributed by atoms with E-state index < -0.39 is 0 Å². The molecule has 0 bridgehead atoms. The molecule has 0 spiro atoms. The van der Waals surface area contributed by atoms with E-state index in [9.17, 15) is 0 Å². The van der Waals surface area contributed by atoms with Crippen LogP contribution in [-0.4, -0.2) is 0 Å². The van der Waals surface area contributed by atoms with Crippen molar-refractivity contribution in [3.8, 4) is 33.4 Å². The molecule has 47 heavy (non-hydrogen) atoms. The molecule has 0 radical (unpaired) electrons. The van der Waals surface area contributed by atoms with E-state index in [2.05, 4.69) is 170 Å². The third kappa shape index (κ3) is 4.48. The molecule has 2 nitrogen and oxygen atoms in total. The van der Waals surface area contributed by atoms with Crippen LogP contribution in [0.25, 0.3) is 55.3 Å². The fourth-order valence-corrected chi connectivity index (χ4v) is 7.46. The van der Waals surface area contributed by atoms with Gasteiger partial charge in [-0.15, -0.1) is 0 Å². The number of fused-ring (bicyclic) bond motifs is 6. The zero-order valence-electron chi connectivity index (χ0n) is 26.4. The minimum Gasteiger partial charge on any atom is -0.456 e. The largest absolute Gasteiger partial charge is 0.456 e. The molecule has 0 aliphatic heterocycles. The van der Waals surface area contributed by atoms with Gasteiger partial charge in [-0.05, 0) is 105 Å². The standard InChI is InChI=1S/C45H33NO/c1-45(2)41-17-8-6-15-37(41)39-28-33(21-25-42(39)45)31-11-10-14-36(27-31)46(34-12-4-3-5-13-34)35-23-19-30(20-24-35)32-22-26-44-40(29-32)38-16-7-9-18-43(38)47-44/h3-29H,1-2H3. The average molecular weight is 604 g/mol. The van der Waals surface area contributed by atoms with E-state index in [1.54, 1.807) is 0 Å². The lowest BCUT2D eigenvalue weighted by Crippen LogP contribution is -2.14. The second kappa shape index (κ2) is 10.6. The molecule has 1 aliphatic carbocycles. The van der Waals surface area contributed by atoms with E-state index in [1.165, 1.54) is 44.5 Å². The van der Waals surface area contributed by atoms with Crippen LogP contribution in [0.4, 0.5) is 17.1 Å². The SMILES string of the molecule is CC1(C)c2ccccc2-c2cc(-c3cccc(N(c4ccccc4)c4ccc(-c5ccc6oc7ccccc7c6c5)cc4)c3)ccc21. The lowest BCUT2D eigenvalue weighted by atomic mass is 9.82. The molecule has 0 amide bonds. The summed E-state index contributed by atoms with van der Waals surface area (Å²) < 4.78 is 6.07. The number of hydrogen-bond acceptors (Lipinski definition) is 2. The minimum atomic E-state index is 0.000635. The maximum Gasteiger partial charge on any atom is 0.135 e. The van der Waals surface area contributed by atoms with Gasteiger partial charge in [0, 0.05) is 33.2 Å². The molecule has 0 saturated heterocycles. The molecule has 1 aliphatic rings. The highest BCUT2D eigenvalue weighted by atomic mass is 16.3. The average Bonchev–Trinajstić information content (AvgIpc) is 3.61. The van der Waals surface area contributed by atoms with E-state index >= 15 is 0 Å². The van der Waals surface area contributed by atoms with Crippen LogP contribution in [0.1, 0.15) is 25.0 Å². The Morgan fingerprint density at radius 2 is 1.02 bits per heavy atom. The van der Waals surface area contributed by atoms with Gasteiger partial charge in [0.05, 0.1) is 0 Å². The second-order valence-corrected chi connectivity index (χ2v) is 13.0. The van der Waals surface area contributed by atoms with Crippen molar-refractivity contribution in [2.45, 2.75) is 19.3 Å². The fraction of sp³-hybridized carbons (Fsp3) is 0.0667. The van der Waals surface area contributed by atoms with E-state index in [0.717, 1.165) is 39.0 Å². The second-order valence-electron chi connectivity index (χ2n) is 13.0. The Labute approximate surface area is 275 Å². The highest BCUT2D eigenvalue weighted by Gasteiger charge is 2.35. The summed E-state index contributed by atoms with van der Waals surface area (Å²) >= 11 is 0. The molecule has 0 atom stereocenters. The molecular weight excluding hydrogens is 571 g/mol. The smallest absolute Gasteiger partial charge is 0.135 e. The number of nitrogens with zero attached hydrogens (tertiary/aromatic N) is 1. The first kappa shape index (κ1) is 27.5. The van der Waals surface area contributed by atoms with Crippen molar-refractivity contribution in [3.05, 3.63) is 175 Å². The van der Waals surface area contributed by atoms with Gasteiger partial charge in [0.1, 0.15) is 11.2 Å². The first-order valence-corrected chi connectivity index (χ1v) is 16.3. The Hall–Kier alpha value is -5.86. The van der Waals surface area contributed by atoms with Crippen LogP contribution in [0.15, 0.2) is 168 Å². The molecule has 1 aromatic heterocycles. The summed E-state index contributed by atoms with van der Waals surface area (Å²) in [5, 5.41) is 2.29. The van der Waals surface area contributed by atoms with Crippen molar-refractivity contribution in [2.75, 3.05) is 4.90 Å². The Kier molecular flexibility index (Phi) is 6.20. The zero-order valence-corrected chi connectivity index (χ0v) is 26.4. The summed E-state index contributed by atoms with van der Waals surface area (Å²) in [5.41, 5.74) is 15.4. The number of benzene rings is 7. The summed E-state index contributed by atoms with van der Waals surface area (Å²) in [6.45, 7) is 4.66. The van der Waals surface area contributed by atoms with Crippen LogP contribution in [0, 0.1) is 0 Å². The molecular formula is C45H33NO. The first-order chi connectivity index (χ1) is 23.0. The van der Waals surface area contributed by atoms with Crippen LogP contribution < -0.4 is 4.90 Å². The van der Waals surface area contributed by atoms with Crippen LogP contribution in [0.5, 0.6) is 0 Å². The van der Waals surface area contributed by atoms with E-state index in [-0.39, 0.29) is 5.41 Å². The number of anilines is 3. The van der Waals surface area contributed by atoms with Gasteiger partial charge < -0.3 is 9.32 Å². The molecule has 0 fully saturated rings. The molecule has 8 aromatic rings. The van der Waals surface area contributed by atoms with E-state index in [0.29, 0.717) is 0 Å². The van der Waals surface area contributed by atoms with Crippen LogP contribution in [-0.2, 0) is 5.41 Å². The predicted octanol–water partition coefficient (Wildman–Crippen LogP) is 12.7. The summed E-state index contributed by atoms with van der Waals surface area (Å²) in [4.78, 5) is 2.34. The maximum atomic E-state index is 6.07. The monoisotopic (exact) mass is 603 g/mol. The van der Waals surface area contributed by atoms with Gasteiger partial charge in [-0.25, -0.2) is 0 Å². The molecule has 0 unspecified atom stereocenters. The highest BCUT2D eigenvalue weighted by Crippen LogP contribution is 2.49. The van der Waals surface area contributed by atoms with Crippen LogP contribution >= 0.6 is 0 Å². The van der Waals surface area contributed by atoms with Gasteiger partial charge in [0.25, 0.3) is 0 Å². The van der Waals surface area contributed by atoms with Crippen molar-refractivity contribution >= 4 is 39.0 Å². The van der Waals surface area contributed by atoms with Gasteiger partial charge in [0.15, 0.2) is 0 Å². The summed E-state index contributed by atoms with van der Waals surface area (Å²) in [6, 6.07) is 59.0. The van der Waals surface area contributed by atoms with E-state index in [4.69, 9.17) is 4.42 Å². The van der Waals surface area contributed by atoms with Gasteiger partial charge >= 0.3 is 0 Å². The Bertz CT molecular complexity index is 2430. The maximum absolute atomic E-state index is 6.07. The molecule has 1 heterocycles. The number of hydrogen-bond donors (Lipinski definition) is 0. The predicted molar refractivity (Wildman–Crippen MR) is 197 cm³/mol. The Morgan fingerprint density at radius 3 is 1.89 bits per heavy atom. The van der Waals surface area contributed by atoms with Crippen LogP contribution in [0.2, 0.25) is 0 Å². The number of rotatable bonds is 5. The molecule has 7 aromatic carbocycles. The van der Waals surface area contributed by atoms with Crippen LogP contribution in [0.3, 0.4) is 0 Å². The fourth-order valence-electron chi connectivity index (χ4n) is 7.46. The first-order valence-electron chi connectivity index (χ1n) is 16.3. The summed E-state index contributed by atoms with van der Waals surface area (Å²) in [7, 11) is 0. The molecule has 224 valence electrons. The summed E-state index contributed by atoms with van der Waals surface area (Å²) in [6.07, 6.45) is 0.